The van der Waals surface area contributed by atoms with E-state index in [9.17, 15) is 0 Å². The summed E-state index contributed by atoms with van der Waals surface area (Å²) in [5.74, 6) is 0.663. The molecule has 1 aliphatic rings. The van der Waals surface area contributed by atoms with Crippen molar-refractivity contribution in [2.24, 2.45) is 5.41 Å². The van der Waals surface area contributed by atoms with Crippen LogP contribution in [0.15, 0.2) is 66.9 Å². The number of hydrogen-bond acceptors (Lipinski definition) is 1. The van der Waals surface area contributed by atoms with Gasteiger partial charge in [0.05, 0.1) is 22.1 Å². The van der Waals surface area contributed by atoms with E-state index in [2.05, 4.69) is 92.8 Å². The Balaban J connectivity index is 1.69. The maximum Gasteiger partial charge on any atom is 0.0823 e. The van der Waals surface area contributed by atoms with Crippen LogP contribution in [0.4, 0.5) is 0 Å². The van der Waals surface area contributed by atoms with E-state index in [-0.39, 0.29) is 5.41 Å². The van der Waals surface area contributed by atoms with Crippen molar-refractivity contribution in [2.45, 2.75) is 65.7 Å². The number of fused-ring (bicyclic) bond motifs is 7. The Bertz CT molecular complexity index is 2040. The molecule has 0 radical (unpaired) electrons. The van der Waals surface area contributed by atoms with Crippen LogP contribution in [-0.4, -0.2) is 9.38 Å². The van der Waals surface area contributed by atoms with Gasteiger partial charge in [-0.15, -0.1) is 0 Å². The van der Waals surface area contributed by atoms with Gasteiger partial charge in [-0.2, -0.15) is 0 Å². The first-order valence-electron chi connectivity index (χ1n) is 14.3. The van der Waals surface area contributed by atoms with Crippen molar-refractivity contribution in [3.63, 3.8) is 0 Å². The zero-order valence-electron chi connectivity index (χ0n) is 22.9. The molecule has 3 heterocycles. The molecule has 0 bridgehead atoms. The minimum atomic E-state index is 0.153. The molecule has 0 atom stereocenters. The molecule has 0 aliphatic heterocycles. The Kier molecular flexibility index (Phi) is 4.52. The molecule has 4 aromatic carbocycles. The summed E-state index contributed by atoms with van der Waals surface area (Å²) in [6, 6.07) is 23.4. The van der Waals surface area contributed by atoms with Crippen molar-refractivity contribution >= 4 is 59.8 Å². The lowest BCUT2D eigenvalue weighted by molar-refractivity contribution is 0.413. The number of rotatable bonds is 2. The van der Waals surface area contributed by atoms with Gasteiger partial charge in [0.2, 0.25) is 0 Å². The molecule has 1 fully saturated rings. The Morgan fingerprint density at radius 1 is 0.816 bits per heavy atom. The smallest absolute Gasteiger partial charge is 0.0823 e. The van der Waals surface area contributed by atoms with Gasteiger partial charge in [-0.3, -0.25) is 4.98 Å². The molecule has 0 unspecified atom stereocenters. The first-order chi connectivity index (χ1) is 18.4. The number of benzene rings is 4. The molecule has 188 valence electrons. The van der Waals surface area contributed by atoms with Crippen molar-refractivity contribution in [2.75, 3.05) is 0 Å². The monoisotopic (exact) mass is 494 g/mol. The van der Waals surface area contributed by atoms with Gasteiger partial charge in [-0.25, -0.2) is 0 Å². The predicted molar refractivity (Wildman–Crippen MR) is 163 cm³/mol. The fraction of sp³-hybridized carbons (Fsp3) is 0.306. The maximum atomic E-state index is 5.08. The second-order valence-electron chi connectivity index (χ2n) is 13.0. The van der Waals surface area contributed by atoms with Crippen LogP contribution in [0.25, 0.3) is 59.8 Å². The molecule has 2 nitrogen and oxygen atoms in total. The molecule has 8 rings (SSSR count). The number of pyridine rings is 2. The third kappa shape index (κ3) is 3.04. The average Bonchev–Trinajstić information content (AvgIpc) is 3.54. The van der Waals surface area contributed by atoms with E-state index in [1.165, 1.54) is 91.1 Å². The summed E-state index contributed by atoms with van der Waals surface area (Å²) in [5.41, 5.74) is 9.64. The number of hydrogen-bond donors (Lipinski definition) is 0. The molecule has 7 aromatic rings. The summed E-state index contributed by atoms with van der Waals surface area (Å²) in [6.45, 7) is 9.29. The highest BCUT2D eigenvalue weighted by molar-refractivity contribution is 6.29. The maximum absolute atomic E-state index is 5.08. The summed E-state index contributed by atoms with van der Waals surface area (Å²) in [5, 5.41) is 9.40. The zero-order valence-corrected chi connectivity index (χ0v) is 22.9. The quantitative estimate of drug-likeness (QED) is 0.173. The topological polar surface area (TPSA) is 17.3 Å². The average molecular weight is 495 g/mol. The zero-order chi connectivity index (χ0) is 25.8. The minimum Gasteiger partial charge on any atom is -0.308 e. The lowest BCUT2D eigenvalue weighted by Crippen LogP contribution is -2.11. The Hall–Kier alpha value is -3.65. The van der Waals surface area contributed by atoms with E-state index in [0.717, 1.165) is 11.9 Å². The van der Waals surface area contributed by atoms with Crippen molar-refractivity contribution in [3.8, 4) is 0 Å². The molecule has 0 saturated heterocycles. The normalized spacial score (nSPS) is 15.5. The molecule has 2 heteroatoms. The number of aryl methyl sites for hydroxylation is 1. The molecule has 38 heavy (non-hydrogen) atoms. The number of nitrogens with zero attached hydrogens (tertiary/aromatic N) is 2. The lowest BCUT2D eigenvalue weighted by atomic mass is 9.84. The molecule has 0 N–H and O–H groups in total. The van der Waals surface area contributed by atoms with Crippen LogP contribution in [0, 0.1) is 12.3 Å². The molecule has 1 aliphatic carbocycles. The van der Waals surface area contributed by atoms with Gasteiger partial charge >= 0.3 is 0 Å². The van der Waals surface area contributed by atoms with Gasteiger partial charge in [0.25, 0.3) is 0 Å². The standard InChI is InChI=1S/C36H34N2/c1-21-12-14-25-24(18-21)19-28-33-31-23(16-17-37-33)13-15-27-32-26(22-8-5-6-9-22)10-7-11-30(32)38(35(27)31)34(28)29(25)20-36(2,3)4/h7,10-19,22H,5-6,8-9,20H2,1-4H3. The van der Waals surface area contributed by atoms with Gasteiger partial charge in [-0.1, -0.05) is 81.6 Å². The van der Waals surface area contributed by atoms with Crippen LogP contribution < -0.4 is 0 Å². The van der Waals surface area contributed by atoms with E-state index in [1.807, 2.05) is 6.20 Å². The molecular weight excluding hydrogens is 460 g/mol. The largest absolute Gasteiger partial charge is 0.308 e. The van der Waals surface area contributed by atoms with E-state index < -0.39 is 0 Å². The van der Waals surface area contributed by atoms with Gasteiger partial charge in [0.1, 0.15) is 0 Å². The third-order valence-corrected chi connectivity index (χ3v) is 9.07. The lowest BCUT2D eigenvalue weighted by Gasteiger charge is -2.23. The minimum absolute atomic E-state index is 0.153. The van der Waals surface area contributed by atoms with E-state index >= 15 is 0 Å². The van der Waals surface area contributed by atoms with Crippen LogP contribution in [0.5, 0.6) is 0 Å². The van der Waals surface area contributed by atoms with Gasteiger partial charge < -0.3 is 4.40 Å². The van der Waals surface area contributed by atoms with Crippen LogP contribution in [0.3, 0.4) is 0 Å². The fourth-order valence-corrected chi connectivity index (χ4v) is 7.59. The van der Waals surface area contributed by atoms with E-state index in [1.54, 1.807) is 5.56 Å². The Morgan fingerprint density at radius 3 is 2.45 bits per heavy atom. The predicted octanol–water partition coefficient (Wildman–Crippen LogP) is 10.1. The molecule has 0 amide bonds. The van der Waals surface area contributed by atoms with E-state index in [0.29, 0.717) is 5.92 Å². The Morgan fingerprint density at radius 2 is 1.63 bits per heavy atom. The first kappa shape index (κ1) is 22.3. The SMILES string of the molecule is Cc1ccc2c(CC(C)(C)C)c3c(cc2c1)c1nccc2ccc4c5c(C6CCCC6)cccc5n3c4c21. The van der Waals surface area contributed by atoms with Crippen LogP contribution in [0.1, 0.15) is 69.1 Å². The first-order valence-corrected chi connectivity index (χ1v) is 14.3. The van der Waals surface area contributed by atoms with Gasteiger partial charge in [0.15, 0.2) is 0 Å². The molecule has 3 aromatic heterocycles. The highest BCUT2D eigenvalue weighted by Crippen LogP contribution is 2.47. The summed E-state index contributed by atoms with van der Waals surface area (Å²) < 4.78 is 2.63. The highest BCUT2D eigenvalue weighted by atomic mass is 14.9. The van der Waals surface area contributed by atoms with Crippen LogP contribution >= 0.6 is 0 Å². The van der Waals surface area contributed by atoms with Crippen molar-refractivity contribution < 1.29 is 0 Å². The van der Waals surface area contributed by atoms with Crippen LogP contribution in [0.2, 0.25) is 0 Å². The fourth-order valence-electron chi connectivity index (χ4n) is 7.59. The number of aromatic nitrogens is 2. The van der Waals surface area contributed by atoms with E-state index in [4.69, 9.17) is 4.98 Å². The molecule has 0 spiro atoms. The van der Waals surface area contributed by atoms with Gasteiger partial charge in [-0.05, 0) is 83.0 Å². The van der Waals surface area contributed by atoms with Crippen molar-refractivity contribution in [1.82, 2.24) is 9.38 Å². The van der Waals surface area contributed by atoms with Crippen molar-refractivity contribution in [3.05, 3.63) is 83.6 Å². The van der Waals surface area contributed by atoms with Crippen LogP contribution in [-0.2, 0) is 6.42 Å². The summed E-state index contributed by atoms with van der Waals surface area (Å²) in [7, 11) is 0. The third-order valence-electron chi connectivity index (χ3n) is 9.07. The molecular formula is C36H34N2. The second-order valence-corrected chi connectivity index (χ2v) is 13.0. The second kappa shape index (κ2) is 7.69. The van der Waals surface area contributed by atoms with Gasteiger partial charge in [0, 0.05) is 27.7 Å². The van der Waals surface area contributed by atoms with Crippen molar-refractivity contribution in [1.29, 1.82) is 0 Å². The highest BCUT2D eigenvalue weighted by Gasteiger charge is 2.27. The summed E-state index contributed by atoms with van der Waals surface area (Å²) in [6.07, 6.45) is 8.32. The Labute approximate surface area is 223 Å². The molecule has 1 saturated carbocycles. The summed E-state index contributed by atoms with van der Waals surface area (Å²) >= 11 is 0. The summed E-state index contributed by atoms with van der Waals surface area (Å²) in [4.78, 5) is 5.08.